The summed E-state index contributed by atoms with van der Waals surface area (Å²) in [5, 5.41) is 19.1. The monoisotopic (exact) mass is 732 g/mol. The Balaban J connectivity index is 1.20. The van der Waals surface area contributed by atoms with Crippen LogP contribution in [0.1, 0.15) is 85.2 Å². The number of anilines is 1. The number of carboxylic acid groups (broad SMARTS) is 1. The van der Waals surface area contributed by atoms with Crippen LogP contribution in [0.25, 0.3) is 28.2 Å². The highest BCUT2D eigenvalue weighted by Gasteiger charge is 2.43. The standard InChI is InChI=1S/C43H48N4O7/c48-37(44-26-34-28-53-23-24-54-34)27-47-36-25-32(16-19-35(36)39(30-9-3-1-4-10-30)40(47)31-11-5-2-6-12-31)41(51)46-43(21-7-8-22-43)42(52)45-33-17-13-29(14-18-33)15-20-38(49)50/h2,5-6,11-20,25,30,34H,1,3-4,7-10,21-24,26-28H2,(H,44,48)(H,45,52)(H,46,51)(H,49,50). The van der Waals surface area contributed by atoms with Gasteiger partial charge in [0, 0.05) is 29.3 Å². The van der Waals surface area contributed by atoms with Gasteiger partial charge in [0.25, 0.3) is 5.91 Å². The molecule has 0 radical (unpaired) electrons. The molecule has 7 rings (SSSR count). The quantitative estimate of drug-likeness (QED) is 0.119. The number of hydrogen-bond acceptors (Lipinski definition) is 6. The van der Waals surface area contributed by atoms with Crippen LogP contribution in [0.3, 0.4) is 0 Å². The summed E-state index contributed by atoms with van der Waals surface area (Å²) in [5.41, 5.74) is 4.60. The zero-order valence-electron chi connectivity index (χ0n) is 30.5. The number of carboxylic acids is 1. The first-order chi connectivity index (χ1) is 26.3. The van der Waals surface area contributed by atoms with E-state index in [9.17, 15) is 19.2 Å². The Morgan fingerprint density at radius 2 is 1.65 bits per heavy atom. The van der Waals surface area contributed by atoms with Gasteiger partial charge in [-0.1, -0.05) is 80.6 Å². The summed E-state index contributed by atoms with van der Waals surface area (Å²) in [6, 6.07) is 22.8. The second kappa shape index (κ2) is 16.8. The predicted molar refractivity (Wildman–Crippen MR) is 207 cm³/mol. The molecular weight excluding hydrogens is 684 g/mol. The van der Waals surface area contributed by atoms with Gasteiger partial charge in [-0.05, 0) is 78.6 Å². The largest absolute Gasteiger partial charge is 0.478 e. The molecular formula is C43H48N4O7. The van der Waals surface area contributed by atoms with Gasteiger partial charge in [0.1, 0.15) is 12.1 Å². The highest BCUT2D eigenvalue weighted by atomic mass is 16.6. The number of carbonyl (C=O) groups is 4. The van der Waals surface area contributed by atoms with Crippen molar-refractivity contribution >= 4 is 46.4 Å². The maximum absolute atomic E-state index is 14.2. The van der Waals surface area contributed by atoms with Crippen molar-refractivity contribution in [1.29, 1.82) is 0 Å². The van der Waals surface area contributed by atoms with E-state index in [1.54, 1.807) is 24.3 Å². The van der Waals surface area contributed by atoms with E-state index >= 15 is 0 Å². The molecule has 3 aromatic carbocycles. The molecule has 0 spiro atoms. The van der Waals surface area contributed by atoms with E-state index in [1.165, 1.54) is 18.1 Å². The second-order valence-corrected chi connectivity index (χ2v) is 14.6. The Morgan fingerprint density at radius 3 is 2.35 bits per heavy atom. The Kier molecular flexibility index (Phi) is 11.5. The Hall–Kier alpha value is -5.26. The van der Waals surface area contributed by atoms with Crippen LogP contribution in [-0.4, -0.2) is 71.4 Å². The van der Waals surface area contributed by atoms with Crippen molar-refractivity contribution in [1.82, 2.24) is 15.2 Å². The van der Waals surface area contributed by atoms with Gasteiger partial charge in [-0.2, -0.15) is 0 Å². The first-order valence-electron chi connectivity index (χ1n) is 19.1. The lowest BCUT2D eigenvalue weighted by Gasteiger charge is -2.29. The number of nitrogens with one attached hydrogen (secondary N) is 3. The van der Waals surface area contributed by atoms with Crippen LogP contribution in [0.2, 0.25) is 0 Å². The van der Waals surface area contributed by atoms with Gasteiger partial charge in [-0.25, -0.2) is 4.79 Å². The highest BCUT2D eigenvalue weighted by Crippen LogP contribution is 2.44. The molecule has 1 aliphatic heterocycles. The average molecular weight is 733 g/mol. The molecule has 3 fully saturated rings. The molecule has 11 heteroatoms. The van der Waals surface area contributed by atoms with Crippen molar-refractivity contribution in [3.63, 3.8) is 0 Å². The van der Waals surface area contributed by atoms with E-state index in [1.807, 2.05) is 36.4 Å². The molecule has 1 saturated heterocycles. The molecule has 11 nitrogen and oxygen atoms in total. The number of aliphatic carboxylic acids is 1. The first kappa shape index (κ1) is 37.1. The molecule has 1 atom stereocenters. The van der Waals surface area contributed by atoms with Crippen LogP contribution in [0.15, 0.2) is 78.9 Å². The maximum atomic E-state index is 14.2. The zero-order chi connectivity index (χ0) is 37.5. The zero-order valence-corrected chi connectivity index (χ0v) is 30.5. The minimum Gasteiger partial charge on any atom is -0.478 e. The fourth-order valence-electron chi connectivity index (χ4n) is 8.25. The number of aromatic nitrogens is 1. The van der Waals surface area contributed by atoms with Crippen molar-refractivity contribution in [2.45, 2.75) is 81.9 Å². The van der Waals surface area contributed by atoms with Crippen LogP contribution in [0.5, 0.6) is 0 Å². The average Bonchev–Trinajstić information content (AvgIpc) is 3.81. The van der Waals surface area contributed by atoms with Crippen molar-refractivity contribution in [3.8, 4) is 11.3 Å². The van der Waals surface area contributed by atoms with E-state index in [-0.39, 0.29) is 30.4 Å². The topological polar surface area (TPSA) is 148 Å². The van der Waals surface area contributed by atoms with Gasteiger partial charge in [0.05, 0.1) is 37.1 Å². The molecule has 3 amide bonds. The molecule has 0 bridgehead atoms. The van der Waals surface area contributed by atoms with Gasteiger partial charge in [-0.15, -0.1) is 0 Å². The minimum absolute atomic E-state index is 0.0589. The summed E-state index contributed by atoms with van der Waals surface area (Å²) < 4.78 is 13.4. The van der Waals surface area contributed by atoms with Crippen LogP contribution < -0.4 is 16.0 Å². The van der Waals surface area contributed by atoms with Gasteiger partial charge >= 0.3 is 5.97 Å². The number of nitrogens with zero attached hydrogens (tertiary/aromatic N) is 1. The summed E-state index contributed by atoms with van der Waals surface area (Å²) in [6.07, 6.45) is 10.6. The minimum atomic E-state index is -1.09. The second-order valence-electron chi connectivity index (χ2n) is 14.6. The fraction of sp³-hybridized carbons (Fsp3) is 0.395. The number of rotatable bonds is 12. The lowest BCUT2D eigenvalue weighted by molar-refractivity contribution is -0.131. The smallest absolute Gasteiger partial charge is 0.328 e. The normalized spacial score (nSPS) is 18.8. The van der Waals surface area contributed by atoms with E-state index in [4.69, 9.17) is 14.6 Å². The third-order valence-electron chi connectivity index (χ3n) is 11.0. The molecule has 4 N–H and O–H groups in total. The molecule has 1 aromatic heterocycles. The molecule has 54 heavy (non-hydrogen) atoms. The lowest BCUT2D eigenvalue weighted by Crippen LogP contribution is -2.55. The van der Waals surface area contributed by atoms with Crippen molar-refractivity contribution in [2.75, 3.05) is 31.7 Å². The van der Waals surface area contributed by atoms with Gasteiger partial charge in [-0.3, -0.25) is 14.4 Å². The molecule has 282 valence electrons. The summed E-state index contributed by atoms with van der Waals surface area (Å²) in [4.78, 5) is 52.6. The Morgan fingerprint density at radius 1 is 0.889 bits per heavy atom. The Labute approximate surface area is 315 Å². The summed E-state index contributed by atoms with van der Waals surface area (Å²) >= 11 is 0. The molecule has 2 heterocycles. The van der Waals surface area contributed by atoms with Gasteiger partial charge in [0.2, 0.25) is 11.8 Å². The number of carbonyl (C=O) groups excluding carboxylic acids is 3. The summed E-state index contributed by atoms with van der Waals surface area (Å²) in [6.45, 7) is 1.89. The van der Waals surface area contributed by atoms with Gasteiger partial charge in [0.15, 0.2) is 0 Å². The summed E-state index contributed by atoms with van der Waals surface area (Å²) in [5.74, 6) is -1.52. The van der Waals surface area contributed by atoms with Crippen LogP contribution in [0, 0.1) is 0 Å². The van der Waals surface area contributed by atoms with Crippen LogP contribution >= 0.6 is 0 Å². The fourth-order valence-corrected chi connectivity index (χ4v) is 8.25. The number of amides is 3. The number of benzene rings is 3. The van der Waals surface area contributed by atoms with E-state index in [0.29, 0.717) is 61.9 Å². The maximum Gasteiger partial charge on any atom is 0.328 e. The van der Waals surface area contributed by atoms with Gasteiger partial charge < -0.3 is 35.1 Å². The third kappa shape index (κ3) is 8.42. The highest BCUT2D eigenvalue weighted by molar-refractivity contribution is 6.06. The molecule has 2 saturated carbocycles. The Bertz CT molecular complexity index is 2000. The summed E-state index contributed by atoms with van der Waals surface area (Å²) in [7, 11) is 0. The first-order valence-corrected chi connectivity index (χ1v) is 19.1. The molecule has 1 unspecified atom stereocenters. The number of ether oxygens (including phenoxy) is 2. The van der Waals surface area contributed by atoms with Crippen molar-refractivity contribution in [3.05, 3.63) is 95.6 Å². The van der Waals surface area contributed by atoms with Crippen LogP contribution in [-0.2, 0) is 30.4 Å². The number of hydrogen-bond donors (Lipinski definition) is 4. The van der Waals surface area contributed by atoms with E-state index in [0.717, 1.165) is 66.8 Å². The molecule has 4 aromatic rings. The van der Waals surface area contributed by atoms with Crippen molar-refractivity contribution < 1.29 is 33.8 Å². The third-order valence-corrected chi connectivity index (χ3v) is 11.0. The van der Waals surface area contributed by atoms with E-state index < -0.39 is 11.5 Å². The van der Waals surface area contributed by atoms with Crippen molar-refractivity contribution in [2.24, 2.45) is 0 Å². The van der Waals surface area contributed by atoms with E-state index in [2.05, 4.69) is 32.7 Å². The molecule has 2 aliphatic carbocycles. The van der Waals surface area contributed by atoms with Crippen LogP contribution in [0.4, 0.5) is 5.69 Å². The number of fused-ring (bicyclic) bond motifs is 1. The SMILES string of the molecule is O=C(O)C=Cc1ccc(NC(=O)C2(NC(=O)c3ccc4c(C5CCCCC5)c(-c5ccccc5)n(CC(=O)NCC5COCCO5)c4c3)CCCC2)cc1. The molecule has 3 aliphatic rings. The lowest BCUT2D eigenvalue weighted by atomic mass is 9.81. The predicted octanol–water partition coefficient (Wildman–Crippen LogP) is 6.67.